The number of nitrogens with one attached hydrogen (secondary N) is 1. The molecule has 1 aliphatic heterocycles. The number of anilines is 1. The van der Waals surface area contributed by atoms with Crippen LogP contribution < -0.4 is 19.7 Å². The van der Waals surface area contributed by atoms with E-state index in [1.165, 1.54) is 0 Å². The molecule has 3 rings (SSSR count). The molecule has 1 unspecified atom stereocenters. The Balaban J connectivity index is 1.67. The van der Waals surface area contributed by atoms with E-state index in [9.17, 15) is 9.59 Å². The smallest absolute Gasteiger partial charge is 0.227 e. The Hall–Kier alpha value is -2.54. The van der Waals surface area contributed by atoms with Gasteiger partial charge in [0.05, 0.1) is 25.3 Å². The summed E-state index contributed by atoms with van der Waals surface area (Å²) in [6.07, 6.45) is 0.182. The van der Waals surface area contributed by atoms with Crippen LogP contribution in [-0.2, 0) is 16.1 Å². The Bertz CT molecular complexity index is 871. The monoisotopic (exact) mass is 446 g/mol. The summed E-state index contributed by atoms with van der Waals surface area (Å²) in [4.78, 5) is 26.8. The summed E-state index contributed by atoms with van der Waals surface area (Å²) in [5, 5.41) is 2.93. The van der Waals surface area contributed by atoms with Gasteiger partial charge in [-0.1, -0.05) is 28.1 Å². The maximum Gasteiger partial charge on any atom is 0.227 e. The Labute approximate surface area is 172 Å². The van der Waals surface area contributed by atoms with E-state index in [-0.39, 0.29) is 18.2 Å². The predicted octanol–water partition coefficient (Wildman–Crippen LogP) is 3.53. The van der Waals surface area contributed by atoms with Gasteiger partial charge in [0.15, 0.2) is 0 Å². The zero-order valence-electron chi connectivity index (χ0n) is 15.9. The zero-order chi connectivity index (χ0) is 20.1. The van der Waals surface area contributed by atoms with Gasteiger partial charge >= 0.3 is 0 Å². The fraction of sp³-hybridized carbons (Fsp3) is 0.333. The molecule has 0 aromatic heterocycles. The molecule has 1 N–H and O–H groups in total. The average Bonchev–Trinajstić information content (AvgIpc) is 3.08. The molecule has 1 saturated heterocycles. The van der Waals surface area contributed by atoms with E-state index in [0.717, 1.165) is 10.0 Å². The first-order valence-electron chi connectivity index (χ1n) is 9.15. The van der Waals surface area contributed by atoms with Crippen molar-refractivity contribution in [3.05, 3.63) is 52.5 Å². The minimum atomic E-state index is -0.402. The molecule has 7 heteroatoms. The summed E-state index contributed by atoms with van der Waals surface area (Å²) in [5.74, 6) is 0.732. The molecule has 1 aliphatic rings. The van der Waals surface area contributed by atoms with Crippen LogP contribution in [0.2, 0.25) is 0 Å². The van der Waals surface area contributed by atoms with Gasteiger partial charge in [-0.15, -0.1) is 0 Å². The van der Waals surface area contributed by atoms with Crippen LogP contribution in [0.5, 0.6) is 11.5 Å². The number of methoxy groups -OCH3 is 1. The molecular formula is C21H23BrN2O4. The Morgan fingerprint density at radius 1 is 1.25 bits per heavy atom. The Kier molecular flexibility index (Phi) is 6.57. The molecular weight excluding hydrogens is 424 g/mol. The molecule has 0 spiro atoms. The number of nitrogens with zero attached hydrogens (tertiary/aromatic N) is 1. The lowest BCUT2D eigenvalue weighted by Crippen LogP contribution is -2.32. The van der Waals surface area contributed by atoms with E-state index in [1.54, 1.807) is 12.0 Å². The number of para-hydroxylation sites is 2. The number of amides is 2. The average molecular weight is 447 g/mol. The summed E-state index contributed by atoms with van der Waals surface area (Å²) < 4.78 is 11.9. The van der Waals surface area contributed by atoms with Crippen molar-refractivity contribution in [2.24, 2.45) is 5.92 Å². The van der Waals surface area contributed by atoms with Crippen molar-refractivity contribution in [1.82, 2.24) is 5.32 Å². The van der Waals surface area contributed by atoms with Crippen molar-refractivity contribution < 1.29 is 19.1 Å². The fourth-order valence-corrected chi connectivity index (χ4v) is 3.69. The lowest BCUT2D eigenvalue weighted by atomic mass is 10.1. The van der Waals surface area contributed by atoms with Gasteiger partial charge < -0.3 is 19.7 Å². The molecule has 2 aromatic carbocycles. The molecule has 1 atom stereocenters. The highest BCUT2D eigenvalue weighted by Gasteiger charge is 2.36. The summed E-state index contributed by atoms with van der Waals surface area (Å²) in [7, 11) is 1.60. The normalized spacial score (nSPS) is 16.2. The first-order valence-corrected chi connectivity index (χ1v) is 9.95. The molecule has 1 fully saturated rings. The standard InChI is InChI=1S/C21H23BrN2O4/c1-3-28-19-7-5-4-6-17(19)24-13-15(11-20(24)25)21(26)23-12-14-10-16(22)8-9-18(14)27-2/h4-10,15H,3,11-13H2,1-2H3,(H,23,26). The van der Waals surface area contributed by atoms with Crippen LogP contribution in [0.1, 0.15) is 18.9 Å². The highest BCUT2D eigenvalue weighted by atomic mass is 79.9. The number of carbonyl (C=O) groups excluding carboxylic acids is 2. The van der Waals surface area contributed by atoms with E-state index >= 15 is 0 Å². The van der Waals surface area contributed by atoms with Gasteiger partial charge in [0, 0.05) is 29.5 Å². The third-order valence-corrected chi connectivity index (χ3v) is 5.14. The summed E-state index contributed by atoms with van der Waals surface area (Å²) in [6, 6.07) is 13.0. The minimum absolute atomic E-state index is 0.0765. The van der Waals surface area contributed by atoms with Gasteiger partial charge in [-0.2, -0.15) is 0 Å². The maximum atomic E-state index is 12.7. The van der Waals surface area contributed by atoms with Crippen molar-refractivity contribution >= 4 is 33.4 Å². The van der Waals surface area contributed by atoms with Gasteiger partial charge in [-0.05, 0) is 37.3 Å². The quantitative estimate of drug-likeness (QED) is 0.706. The van der Waals surface area contributed by atoms with Crippen LogP contribution in [-0.4, -0.2) is 32.1 Å². The van der Waals surface area contributed by atoms with Crippen molar-refractivity contribution in [3.63, 3.8) is 0 Å². The third-order valence-electron chi connectivity index (χ3n) is 4.65. The van der Waals surface area contributed by atoms with Crippen LogP contribution in [0, 0.1) is 5.92 Å². The predicted molar refractivity (Wildman–Crippen MR) is 111 cm³/mol. The summed E-state index contributed by atoms with van der Waals surface area (Å²) in [5.41, 5.74) is 1.58. The lowest BCUT2D eigenvalue weighted by molar-refractivity contribution is -0.126. The fourth-order valence-electron chi connectivity index (χ4n) is 3.29. The number of carbonyl (C=O) groups is 2. The van der Waals surface area contributed by atoms with E-state index < -0.39 is 5.92 Å². The third kappa shape index (κ3) is 4.47. The second kappa shape index (κ2) is 9.10. The molecule has 0 radical (unpaired) electrons. The van der Waals surface area contributed by atoms with Gasteiger partial charge in [0.2, 0.25) is 11.8 Å². The summed E-state index contributed by atoms with van der Waals surface area (Å²) in [6.45, 7) is 3.08. The Morgan fingerprint density at radius 2 is 2.04 bits per heavy atom. The molecule has 0 aliphatic carbocycles. The van der Waals surface area contributed by atoms with Crippen LogP contribution in [0.25, 0.3) is 0 Å². The van der Waals surface area contributed by atoms with Gasteiger partial charge in [0.25, 0.3) is 0 Å². The summed E-state index contributed by atoms with van der Waals surface area (Å²) >= 11 is 3.43. The number of hydrogen-bond acceptors (Lipinski definition) is 4. The van der Waals surface area contributed by atoms with Crippen LogP contribution in [0.4, 0.5) is 5.69 Å². The van der Waals surface area contributed by atoms with Crippen molar-refractivity contribution in [3.8, 4) is 11.5 Å². The highest BCUT2D eigenvalue weighted by Crippen LogP contribution is 2.33. The largest absolute Gasteiger partial charge is 0.496 e. The molecule has 6 nitrogen and oxygen atoms in total. The second-order valence-corrected chi connectivity index (χ2v) is 7.40. The van der Waals surface area contributed by atoms with Crippen LogP contribution in [0.15, 0.2) is 46.9 Å². The van der Waals surface area contributed by atoms with Gasteiger partial charge in [0.1, 0.15) is 11.5 Å². The van der Waals surface area contributed by atoms with E-state index in [0.29, 0.717) is 36.9 Å². The first-order chi connectivity index (χ1) is 13.5. The van der Waals surface area contributed by atoms with Crippen molar-refractivity contribution in [1.29, 1.82) is 0 Å². The molecule has 0 bridgehead atoms. The molecule has 2 aromatic rings. The number of ether oxygens (including phenoxy) is 2. The molecule has 28 heavy (non-hydrogen) atoms. The van der Waals surface area contributed by atoms with E-state index in [4.69, 9.17) is 9.47 Å². The maximum absolute atomic E-state index is 12.7. The molecule has 1 heterocycles. The van der Waals surface area contributed by atoms with Crippen molar-refractivity contribution in [2.75, 3.05) is 25.2 Å². The molecule has 0 saturated carbocycles. The first kappa shape index (κ1) is 20.2. The van der Waals surface area contributed by atoms with Crippen molar-refractivity contribution in [2.45, 2.75) is 19.9 Å². The van der Waals surface area contributed by atoms with Gasteiger partial charge in [-0.3, -0.25) is 9.59 Å². The zero-order valence-corrected chi connectivity index (χ0v) is 17.5. The second-order valence-electron chi connectivity index (χ2n) is 6.48. The number of rotatable bonds is 7. The van der Waals surface area contributed by atoms with Crippen LogP contribution in [0.3, 0.4) is 0 Å². The van der Waals surface area contributed by atoms with E-state index in [2.05, 4.69) is 21.2 Å². The lowest BCUT2D eigenvalue weighted by Gasteiger charge is -2.20. The Morgan fingerprint density at radius 3 is 2.79 bits per heavy atom. The number of halogens is 1. The topological polar surface area (TPSA) is 67.9 Å². The minimum Gasteiger partial charge on any atom is -0.496 e. The molecule has 2 amide bonds. The highest BCUT2D eigenvalue weighted by molar-refractivity contribution is 9.10. The van der Waals surface area contributed by atoms with Crippen LogP contribution >= 0.6 is 15.9 Å². The molecule has 148 valence electrons. The number of hydrogen-bond donors (Lipinski definition) is 1. The number of benzene rings is 2. The van der Waals surface area contributed by atoms with E-state index in [1.807, 2.05) is 49.4 Å². The van der Waals surface area contributed by atoms with Gasteiger partial charge in [-0.25, -0.2) is 0 Å². The SMILES string of the molecule is CCOc1ccccc1N1CC(C(=O)NCc2cc(Br)ccc2OC)CC1=O.